The molecule has 0 radical (unpaired) electrons. The third kappa shape index (κ3) is 4.39. The second-order valence-electron chi connectivity index (χ2n) is 6.68. The second-order valence-corrected chi connectivity index (χ2v) is 6.68. The molecule has 0 saturated carbocycles. The number of para-hydroxylation sites is 1. The van der Waals surface area contributed by atoms with Crippen molar-refractivity contribution in [2.45, 2.75) is 0 Å². The Kier molecular flexibility index (Phi) is 5.73. The van der Waals surface area contributed by atoms with Gasteiger partial charge in [0.05, 0.1) is 0 Å². The molecule has 0 aromatic heterocycles. The monoisotopic (exact) mass is 377 g/mol. The molecule has 2 nitrogen and oxygen atoms in total. The van der Waals surface area contributed by atoms with E-state index in [4.69, 9.17) is 4.74 Å². The minimum absolute atomic E-state index is 0.487. The Morgan fingerprint density at radius 3 is 1.90 bits per heavy atom. The van der Waals surface area contributed by atoms with E-state index in [1.807, 2.05) is 24.3 Å². The van der Waals surface area contributed by atoms with Crippen molar-refractivity contribution in [1.82, 2.24) is 0 Å². The van der Waals surface area contributed by atoms with Crippen molar-refractivity contribution in [2.24, 2.45) is 0 Å². The molecule has 0 unspecified atom stereocenters. The highest BCUT2D eigenvalue weighted by molar-refractivity contribution is 5.78. The highest BCUT2D eigenvalue weighted by atomic mass is 16.5. The fourth-order valence-corrected chi connectivity index (χ4v) is 3.33. The van der Waals surface area contributed by atoms with E-state index < -0.39 is 0 Å². The van der Waals surface area contributed by atoms with Gasteiger partial charge in [-0.15, -0.1) is 0 Å². The van der Waals surface area contributed by atoms with Crippen LogP contribution in [0.3, 0.4) is 0 Å². The zero-order valence-corrected chi connectivity index (χ0v) is 16.2. The normalized spacial score (nSPS) is 10.3. The number of anilines is 3. The summed E-state index contributed by atoms with van der Waals surface area (Å²) < 4.78 is 5.75. The molecule has 0 aliphatic carbocycles. The van der Waals surface area contributed by atoms with Crippen LogP contribution in [-0.4, -0.2) is 6.61 Å². The number of ether oxygens (including phenoxy) is 1. The summed E-state index contributed by atoms with van der Waals surface area (Å²) in [5.74, 6) is 0.823. The summed E-state index contributed by atoms with van der Waals surface area (Å²) in [4.78, 5) is 2.23. The fourth-order valence-electron chi connectivity index (χ4n) is 3.33. The first-order chi connectivity index (χ1) is 14.3. The van der Waals surface area contributed by atoms with Gasteiger partial charge in [0.2, 0.25) is 0 Å². The minimum Gasteiger partial charge on any atom is -0.489 e. The second kappa shape index (κ2) is 8.94. The van der Waals surface area contributed by atoms with Crippen LogP contribution >= 0.6 is 0 Å². The van der Waals surface area contributed by atoms with Gasteiger partial charge in [-0.25, -0.2) is 0 Å². The average molecular weight is 377 g/mol. The maximum Gasteiger partial charge on any atom is 0.121 e. The smallest absolute Gasteiger partial charge is 0.121 e. The molecular weight excluding hydrogens is 354 g/mol. The summed E-state index contributed by atoms with van der Waals surface area (Å²) in [7, 11) is 0. The summed E-state index contributed by atoms with van der Waals surface area (Å²) in [6.45, 7) is 4.21. The molecule has 0 amide bonds. The van der Waals surface area contributed by atoms with Crippen LogP contribution in [0.4, 0.5) is 17.1 Å². The molecule has 4 rings (SSSR count). The molecule has 0 heterocycles. The molecule has 0 N–H and O–H groups in total. The molecule has 0 bridgehead atoms. The molecule has 4 aromatic carbocycles. The third-order valence-electron chi connectivity index (χ3n) is 4.69. The Morgan fingerprint density at radius 2 is 1.21 bits per heavy atom. The van der Waals surface area contributed by atoms with Gasteiger partial charge in [-0.05, 0) is 47.5 Å². The van der Waals surface area contributed by atoms with Gasteiger partial charge in [-0.1, -0.05) is 79.4 Å². The Bertz CT molecular complexity index is 1060. The summed E-state index contributed by atoms with van der Waals surface area (Å²) in [5, 5.41) is 0. The van der Waals surface area contributed by atoms with Crippen molar-refractivity contribution in [1.29, 1.82) is 0 Å². The van der Waals surface area contributed by atoms with Crippen molar-refractivity contribution in [3.05, 3.63) is 122 Å². The topological polar surface area (TPSA) is 12.5 Å². The number of benzene rings is 4. The number of hydrogen-bond donors (Lipinski definition) is 0. The molecule has 142 valence electrons. The lowest BCUT2D eigenvalue weighted by Crippen LogP contribution is -2.10. The average Bonchev–Trinajstić information content (AvgIpc) is 2.80. The van der Waals surface area contributed by atoms with Crippen LogP contribution in [-0.2, 0) is 0 Å². The van der Waals surface area contributed by atoms with Crippen LogP contribution in [0, 0.1) is 0 Å². The van der Waals surface area contributed by atoms with Gasteiger partial charge in [0, 0.05) is 23.1 Å². The van der Waals surface area contributed by atoms with Crippen molar-refractivity contribution in [2.75, 3.05) is 11.5 Å². The molecular formula is C27H23NO. The molecule has 0 saturated heterocycles. The Hall–Kier alpha value is -3.78. The standard InChI is InChI=1S/C27H23NO/c1-2-20-29-27-15-9-14-26(21-27)28(24-12-7-4-8-13-24)25-18-16-23(17-19-25)22-10-5-3-6-11-22/h2-19,21H,1,20H2. The lowest BCUT2D eigenvalue weighted by atomic mass is 10.0. The summed E-state index contributed by atoms with van der Waals surface area (Å²) in [6.07, 6.45) is 1.75. The van der Waals surface area contributed by atoms with E-state index in [0.29, 0.717) is 6.61 Å². The van der Waals surface area contributed by atoms with Crippen molar-refractivity contribution in [3.8, 4) is 16.9 Å². The van der Waals surface area contributed by atoms with E-state index in [9.17, 15) is 0 Å². The minimum atomic E-state index is 0.487. The van der Waals surface area contributed by atoms with Gasteiger partial charge < -0.3 is 9.64 Å². The van der Waals surface area contributed by atoms with E-state index in [-0.39, 0.29) is 0 Å². The van der Waals surface area contributed by atoms with Crippen LogP contribution < -0.4 is 9.64 Å². The Labute approximate surface area is 172 Å². The molecule has 0 fully saturated rings. The molecule has 29 heavy (non-hydrogen) atoms. The summed E-state index contributed by atoms with van der Waals surface area (Å²) in [5.41, 5.74) is 5.65. The van der Waals surface area contributed by atoms with E-state index >= 15 is 0 Å². The van der Waals surface area contributed by atoms with Crippen LogP contribution in [0.25, 0.3) is 11.1 Å². The number of hydrogen-bond acceptors (Lipinski definition) is 2. The quantitative estimate of drug-likeness (QED) is 0.311. The Morgan fingerprint density at radius 1 is 0.621 bits per heavy atom. The van der Waals surface area contributed by atoms with Crippen LogP contribution in [0.15, 0.2) is 122 Å². The number of rotatable bonds is 7. The molecule has 0 atom stereocenters. The SMILES string of the molecule is C=CCOc1cccc(N(c2ccccc2)c2ccc(-c3ccccc3)cc2)c1. The first kappa shape index (κ1) is 18.6. The molecule has 0 aliphatic rings. The molecule has 0 spiro atoms. The van der Waals surface area contributed by atoms with Gasteiger partial charge in [-0.2, -0.15) is 0 Å². The van der Waals surface area contributed by atoms with Crippen molar-refractivity contribution in [3.63, 3.8) is 0 Å². The largest absolute Gasteiger partial charge is 0.489 e. The highest BCUT2D eigenvalue weighted by Gasteiger charge is 2.13. The van der Waals surface area contributed by atoms with E-state index in [2.05, 4.69) is 96.4 Å². The summed E-state index contributed by atoms with van der Waals surface area (Å²) in [6, 6.07) is 37.6. The molecule has 4 aromatic rings. The van der Waals surface area contributed by atoms with Gasteiger partial charge >= 0.3 is 0 Å². The Balaban J connectivity index is 1.73. The van der Waals surface area contributed by atoms with E-state index in [0.717, 1.165) is 22.8 Å². The molecule has 2 heteroatoms. The lowest BCUT2D eigenvalue weighted by molar-refractivity contribution is 0.363. The van der Waals surface area contributed by atoms with Crippen LogP contribution in [0.1, 0.15) is 0 Å². The van der Waals surface area contributed by atoms with Crippen molar-refractivity contribution >= 4 is 17.1 Å². The predicted octanol–water partition coefficient (Wildman–Crippen LogP) is 7.39. The van der Waals surface area contributed by atoms with E-state index in [1.165, 1.54) is 11.1 Å². The zero-order chi connectivity index (χ0) is 19.9. The van der Waals surface area contributed by atoms with E-state index in [1.54, 1.807) is 6.08 Å². The van der Waals surface area contributed by atoms with Gasteiger partial charge in [-0.3, -0.25) is 0 Å². The fraction of sp³-hybridized carbons (Fsp3) is 0.0370. The summed E-state index contributed by atoms with van der Waals surface area (Å²) >= 11 is 0. The molecule has 0 aliphatic heterocycles. The first-order valence-electron chi connectivity index (χ1n) is 9.69. The predicted molar refractivity (Wildman–Crippen MR) is 122 cm³/mol. The van der Waals surface area contributed by atoms with Gasteiger partial charge in [0.1, 0.15) is 12.4 Å². The maximum absolute atomic E-state index is 5.75. The maximum atomic E-state index is 5.75. The van der Waals surface area contributed by atoms with Crippen LogP contribution in [0.2, 0.25) is 0 Å². The highest BCUT2D eigenvalue weighted by Crippen LogP contribution is 2.36. The first-order valence-corrected chi connectivity index (χ1v) is 9.69. The zero-order valence-electron chi connectivity index (χ0n) is 16.2. The lowest BCUT2D eigenvalue weighted by Gasteiger charge is -2.26. The van der Waals surface area contributed by atoms with Gasteiger partial charge in [0.15, 0.2) is 0 Å². The van der Waals surface area contributed by atoms with Crippen LogP contribution in [0.5, 0.6) is 5.75 Å². The van der Waals surface area contributed by atoms with Crippen molar-refractivity contribution < 1.29 is 4.74 Å². The third-order valence-corrected chi connectivity index (χ3v) is 4.69. The van der Waals surface area contributed by atoms with Gasteiger partial charge in [0.25, 0.3) is 0 Å². The number of nitrogens with zero attached hydrogens (tertiary/aromatic N) is 1.